The lowest BCUT2D eigenvalue weighted by atomic mass is 10.0. The van der Waals surface area contributed by atoms with Crippen molar-refractivity contribution in [3.8, 4) is 0 Å². The molecule has 1 aromatic rings. The molecule has 0 bridgehead atoms. The van der Waals surface area contributed by atoms with Crippen molar-refractivity contribution in [2.45, 2.75) is 57.9 Å². The fourth-order valence-corrected chi connectivity index (χ4v) is 2.81. The van der Waals surface area contributed by atoms with Crippen LogP contribution in [0.1, 0.15) is 33.3 Å². The first-order chi connectivity index (χ1) is 13.0. The van der Waals surface area contributed by atoms with Crippen molar-refractivity contribution >= 4 is 24.1 Å². The van der Waals surface area contributed by atoms with Gasteiger partial charge in [-0.15, -0.1) is 0 Å². The maximum Gasteiger partial charge on any atom is 0.417 e. The standard InChI is InChI=1S/C19H24N2O7/c1-11-14(16(23)24)21(18(26)27-11)15(22)13(10-12-8-6-5-7-9-12)20-17(25)28-19(2,3)4/h5-9,11,13-14H,10H2,1-4H3,(H,20,25)(H,23,24)/t11-,13-,14+/m0/s1. The normalized spacial score (nSPS) is 20.3. The van der Waals surface area contributed by atoms with E-state index in [2.05, 4.69) is 5.32 Å². The van der Waals surface area contributed by atoms with E-state index in [1.165, 1.54) is 6.92 Å². The summed E-state index contributed by atoms with van der Waals surface area (Å²) in [4.78, 5) is 49.4. The smallest absolute Gasteiger partial charge is 0.417 e. The van der Waals surface area contributed by atoms with E-state index in [9.17, 15) is 24.3 Å². The third kappa shape index (κ3) is 5.21. The van der Waals surface area contributed by atoms with E-state index in [0.29, 0.717) is 10.5 Å². The summed E-state index contributed by atoms with van der Waals surface area (Å²) in [5, 5.41) is 11.8. The number of carbonyl (C=O) groups excluding carboxylic acids is 3. The predicted octanol–water partition coefficient (Wildman–Crippen LogP) is 1.94. The Balaban J connectivity index is 2.28. The Hall–Kier alpha value is -3.10. The van der Waals surface area contributed by atoms with Crippen LogP contribution in [0.25, 0.3) is 0 Å². The van der Waals surface area contributed by atoms with Crippen LogP contribution in [0.3, 0.4) is 0 Å². The highest BCUT2D eigenvalue weighted by Gasteiger charge is 2.49. The molecule has 9 nitrogen and oxygen atoms in total. The van der Waals surface area contributed by atoms with E-state index in [-0.39, 0.29) is 6.42 Å². The first-order valence-electron chi connectivity index (χ1n) is 8.79. The zero-order chi connectivity index (χ0) is 21.1. The van der Waals surface area contributed by atoms with E-state index >= 15 is 0 Å². The summed E-state index contributed by atoms with van der Waals surface area (Å²) in [5.74, 6) is -2.25. The van der Waals surface area contributed by atoms with E-state index in [1.54, 1.807) is 51.1 Å². The van der Waals surface area contributed by atoms with Crippen LogP contribution in [0.5, 0.6) is 0 Å². The van der Waals surface area contributed by atoms with Gasteiger partial charge in [0.25, 0.3) is 5.91 Å². The van der Waals surface area contributed by atoms with E-state index in [0.717, 1.165) is 0 Å². The third-order valence-corrected chi connectivity index (χ3v) is 3.97. The highest BCUT2D eigenvalue weighted by Crippen LogP contribution is 2.22. The predicted molar refractivity (Wildman–Crippen MR) is 97.5 cm³/mol. The van der Waals surface area contributed by atoms with Crippen LogP contribution in [0.15, 0.2) is 30.3 Å². The van der Waals surface area contributed by atoms with E-state index in [1.807, 2.05) is 0 Å². The molecule has 0 aliphatic carbocycles. The second kappa shape index (κ2) is 8.28. The van der Waals surface area contributed by atoms with Gasteiger partial charge in [-0.05, 0) is 33.3 Å². The Morgan fingerprint density at radius 1 is 1.25 bits per heavy atom. The van der Waals surface area contributed by atoms with Gasteiger partial charge in [-0.1, -0.05) is 30.3 Å². The summed E-state index contributed by atoms with van der Waals surface area (Å²) < 4.78 is 10.1. The number of carbonyl (C=O) groups is 4. The number of hydrogen-bond acceptors (Lipinski definition) is 6. The molecule has 1 heterocycles. The lowest BCUT2D eigenvalue weighted by Gasteiger charge is -2.26. The monoisotopic (exact) mass is 392 g/mol. The van der Waals surface area contributed by atoms with Crippen LogP contribution < -0.4 is 5.32 Å². The number of nitrogens with one attached hydrogen (secondary N) is 1. The van der Waals surface area contributed by atoms with Crippen molar-refractivity contribution in [2.24, 2.45) is 0 Å². The summed E-state index contributed by atoms with van der Waals surface area (Å²) in [7, 11) is 0. The molecule has 152 valence electrons. The minimum Gasteiger partial charge on any atom is -0.480 e. The quantitative estimate of drug-likeness (QED) is 0.785. The number of cyclic esters (lactones) is 1. The van der Waals surface area contributed by atoms with Crippen molar-refractivity contribution in [1.29, 1.82) is 0 Å². The Bertz CT molecular complexity index is 757. The lowest BCUT2D eigenvalue weighted by Crippen LogP contribution is -2.55. The van der Waals surface area contributed by atoms with Crippen LogP contribution in [0, 0.1) is 0 Å². The molecule has 2 N–H and O–H groups in total. The molecule has 9 heteroatoms. The Labute approximate surface area is 162 Å². The van der Waals surface area contributed by atoms with Gasteiger partial charge in [-0.25, -0.2) is 19.3 Å². The Morgan fingerprint density at radius 3 is 2.39 bits per heavy atom. The van der Waals surface area contributed by atoms with E-state index < -0.39 is 47.9 Å². The van der Waals surface area contributed by atoms with Gasteiger partial charge in [0, 0.05) is 6.42 Å². The number of benzene rings is 1. The molecule has 1 fully saturated rings. The zero-order valence-electron chi connectivity index (χ0n) is 16.2. The average Bonchev–Trinajstić information content (AvgIpc) is 2.87. The number of rotatable bonds is 5. The van der Waals surface area contributed by atoms with Crippen molar-refractivity contribution in [2.75, 3.05) is 0 Å². The first kappa shape index (κ1) is 21.2. The molecule has 1 saturated heterocycles. The minimum atomic E-state index is -1.47. The largest absolute Gasteiger partial charge is 0.480 e. The molecule has 0 saturated carbocycles. The average molecular weight is 392 g/mol. The van der Waals surface area contributed by atoms with Gasteiger partial charge in [-0.3, -0.25) is 4.79 Å². The van der Waals surface area contributed by atoms with Crippen molar-refractivity contribution < 1.29 is 33.8 Å². The summed E-state index contributed by atoms with van der Waals surface area (Å²) in [6.45, 7) is 6.39. The molecule has 3 atom stereocenters. The fourth-order valence-electron chi connectivity index (χ4n) is 2.81. The number of carboxylic acids is 1. The molecule has 0 aromatic heterocycles. The zero-order valence-corrected chi connectivity index (χ0v) is 16.2. The number of ether oxygens (including phenoxy) is 2. The fraction of sp³-hybridized carbons (Fsp3) is 0.474. The van der Waals surface area contributed by atoms with Gasteiger partial charge >= 0.3 is 18.2 Å². The molecule has 1 aliphatic heterocycles. The molecule has 1 aliphatic rings. The maximum absolute atomic E-state index is 13.0. The van der Waals surface area contributed by atoms with Crippen molar-refractivity contribution in [3.05, 3.63) is 35.9 Å². The second-order valence-electron chi connectivity index (χ2n) is 7.47. The Kier molecular flexibility index (Phi) is 6.27. The summed E-state index contributed by atoms with van der Waals surface area (Å²) in [5.41, 5.74) is -0.0841. The van der Waals surface area contributed by atoms with Crippen LogP contribution in [0.4, 0.5) is 9.59 Å². The van der Waals surface area contributed by atoms with Gasteiger partial charge in [0.15, 0.2) is 6.04 Å². The van der Waals surface area contributed by atoms with Gasteiger partial charge in [-0.2, -0.15) is 0 Å². The molecule has 1 aromatic carbocycles. The minimum absolute atomic E-state index is 0.0451. The lowest BCUT2D eigenvalue weighted by molar-refractivity contribution is -0.147. The molecule has 0 radical (unpaired) electrons. The van der Waals surface area contributed by atoms with Crippen LogP contribution >= 0.6 is 0 Å². The van der Waals surface area contributed by atoms with Crippen LogP contribution in [0.2, 0.25) is 0 Å². The number of imide groups is 1. The molecular formula is C19H24N2O7. The van der Waals surface area contributed by atoms with Gasteiger partial charge in [0.05, 0.1) is 0 Å². The van der Waals surface area contributed by atoms with Crippen molar-refractivity contribution in [3.63, 3.8) is 0 Å². The Morgan fingerprint density at radius 2 is 1.86 bits per heavy atom. The first-order valence-corrected chi connectivity index (χ1v) is 8.79. The molecule has 28 heavy (non-hydrogen) atoms. The molecule has 2 rings (SSSR count). The topological polar surface area (TPSA) is 122 Å². The number of aliphatic carboxylic acids is 1. The highest BCUT2D eigenvalue weighted by molar-refractivity contribution is 6.01. The summed E-state index contributed by atoms with van der Waals surface area (Å²) in [6.07, 6.45) is -2.88. The van der Waals surface area contributed by atoms with Gasteiger partial charge in [0.1, 0.15) is 17.7 Å². The highest BCUT2D eigenvalue weighted by atomic mass is 16.6. The number of carboxylic acid groups (broad SMARTS) is 1. The van der Waals surface area contributed by atoms with E-state index in [4.69, 9.17) is 9.47 Å². The number of nitrogens with zero attached hydrogens (tertiary/aromatic N) is 1. The SMILES string of the molecule is C[C@@H]1OC(=O)N(C(=O)[C@H](Cc2ccccc2)NC(=O)OC(C)(C)C)[C@H]1C(=O)O. The number of hydrogen-bond donors (Lipinski definition) is 2. The van der Waals surface area contributed by atoms with Crippen LogP contribution in [-0.4, -0.2) is 57.9 Å². The van der Waals surface area contributed by atoms with Gasteiger partial charge < -0.3 is 19.9 Å². The van der Waals surface area contributed by atoms with Crippen molar-refractivity contribution in [1.82, 2.24) is 10.2 Å². The molecule has 3 amide bonds. The third-order valence-electron chi connectivity index (χ3n) is 3.97. The maximum atomic E-state index is 13.0. The molecular weight excluding hydrogens is 368 g/mol. The second-order valence-corrected chi connectivity index (χ2v) is 7.47. The molecule has 0 spiro atoms. The van der Waals surface area contributed by atoms with Crippen LogP contribution in [-0.2, 0) is 25.5 Å². The summed E-state index contributed by atoms with van der Waals surface area (Å²) in [6, 6.07) is 6.12. The number of amides is 3. The summed E-state index contributed by atoms with van der Waals surface area (Å²) >= 11 is 0. The molecule has 0 unspecified atom stereocenters. The number of alkyl carbamates (subject to hydrolysis) is 1. The van der Waals surface area contributed by atoms with Gasteiger partial charge in [0.2, 0.25) is 0 Å².